The van der Waals surface area contributed by atoms with Crippen molar-refractivity contribution in [2.45, 2.75) is 24.9 Å². The van der Waals surface area contributed by atoms with Crippen LogP contribution in [-0.2, 0) is 0 Å². The Hall–Kier alpha value is -1.91. The second kappa shape index (κ2) is 7.54. The van der Waals surface area contributed by atoms with E-state index >= 15 is 0 Å². The zero-order valence-corrected chi connectivity index (χ0v) is 15.3. The lowest BCUT2D eigenvalue weighted by atomic mass is 9.96. The molecule has 130 valence electrons. The maximum Gasteiger partial charge on any atom is 0.169 e. The maximum absolute atomic E-state index is 5.58. The molecule has 25 heavy (non-hydrogen) atoms. The van der Waals surface area contributed by atoms with Gasteiger partial charge in [-0.25, -0.2) is 0 Å². The van der Waals surface area contributed by atoms with Crippen LogP contribution in [0.15, 0.2) is 60.7 Å². The van der Waals surface area contributed by atoms with Crippen molar-refractivity contribution < 1.29 is 0 Å². The number of nitrogens with zero attached hydrogens (tertiary/aromatic N) is 2. The molecule has 1 heterocycles. The molecule has 2 aliphatic rings. The van der Waals surface area contributed by atoms with Crippen molar-refractivity contribution in [3.8, 4) is 0 Å². The minimum Gasteiger partial charge on any atom is -0.360 e. The molecule has 0 unspecified atom stereocenters. The molecule has 1 aliphatic heterocycles. The zero-order valence-electron chi connectivity index (χ0n) is 14.5. The van der Waals surface area contributed by atoms with E-state index in [9.17, 15) is 0 Å². The summed E-state index contributed by atoms with van der Waals surface area (Å²) in [6.07, 6.45) is 2.54. The Balaban J connectivity index is 1.48. The first-order valence-corrected chi connectivity index (χ1v) is 9.61. The van der Waals surface area contributed by atoms with Crippen LogP contribution in [0, 0.1) is 0 Å². The van der Waals surface area contributed by atoms with Crippen molar-refractivity contribution in [2.24, 2.45) is 0 Å². The van der Waals surface area contributed by atoms with E-state index in [1.165, 1.54) is 24.0 Å². The summed E-state index contributed by atoms with van der Waals surface area (Å²) in [5.74, 6) is 0. The largest absolute Gasteiger partial charge is 0.360 e. The molecule has 4 heteroatoms. The van der Waals surface area contributed by atoms with Crippen molar-refractivity contribution in [1.82, 2.24) is 15.1 Å². The number of hydrogen-bond acceptors (Lipinski definition) is 2. The average Bonchev–Trinajstić information content (AvgIpc) is 3.48. The number of rotatable bonds is 4. The number of nitrogens with one attached hydrogen (secondary N) is 1. The highest BCUT2D eigenvalue weighted by Gasteiger charge is 2.29. The lowest BCUT2D eigenvalue weighted by molar-refractivity contribution is 0.149. The molecular weight excluding hydrogens is 326 g/mol. The van der Waals surface area contributed by atoms with E-state index in [0.717, 1.165) is 31.3 Å². The third-order valence-electron chi connectivity index (χ3n) is 5.10. The van der Waals surface area contributed by atoms with Crippen LogP contribution in [0.2, 0.25) is 0 Å². The molecule has 0 radical (unpaired) electrons. The molecule has 0 amide bonds. The average molecular weight is 352 g/mol. The molecule has 3 nitrogen and oxygen atoms in total. The SMILES string of the molecule is S=C(NC1CC1)N1CCN(C(c2ccccc2)c2ccccc2)CC1. The lowest BCUT2D eigenvalue weighted by Crippen LogP contribution is -2.52. The highest BCUT2D eigenvalue weighted by Crippen LogP contribution is 2.29. The summed E-state index contributed by atoms with van der Waals surface area (Å²) in [5.41, 5.74) is 2.72. The minimum absolute atomic E-state index is 0.314. The van der Waals surface area contributed by atoms with Crippen LogP contribution in [0.4, 0.5) is 0 Å². The highest BCUT2D eigenvalue weighted by atomic mass is 32.1. The molecular formula is C21H25N3S. The van der Waals surface area contributed by atoms with E-state index in [4.69, 9.17) is 12.2 Å². The van der Waals surface area contributed by atoms with E-state index in [0.29, 0.717) is 12.1 Å². The fourth-order valence-corrected chi connectivity index (χ4v) is 3.91. The molecule has 2 fully saturated rings. The van der Waals surface area contributed by atoms with Gasteiger partial charge < -0.3 is 10.2 Å². The molecule has 0 spiro atoms. The molecule has 0 atom stereocenters. The molecule has 2 aromatic carbocycles. The maximum atomic E-state index is 5.58. The summed E-state index contributed by atoms with van der Waals surface area (Å²) in [7, 11) is 0. The van der Waals surface area contributed by atoms with Gasteiger partial charge >= 0.3 is 0 Å². The molecule has 0 aromatic heterocycles. The zero-order chi connectivity index (χ0) is 17.1. The van der Waals surface area contributed by atoms with Gasteiger partial charge in [-0.2, -0.15) is 0 Å². The van der Waals surface area contributed by atoms with Gasteiger partial charge in [-0.1, -0.05) is 60.7 Å². The van der Waals surface area contributed by atoms with Crippen molar-refractivity contribution in [1.29, 1.82) is 0 Å². The van der Waals surface area contributed by atoms with Gasteiger partial charge in [0.05, 0.1) is 6.04 Å². The third kappa shape index (κ3) is 4.02. The molecule has 1 N–H and O–H groups in total. The predicted octanol–water partition coefficient (Wildman–Crippen LogP) is 3.43. The van der Waals surface area contributed by atoms with Gasteiger partial charge in [0.1, 0.15) is 0 Å². The van der Waals surface area contributed by atoms with Crippen molar-refractivity contribution in [3.63, 3.8) is 0 Å². The van der Waals surface area contributed by atoms with Crippen LogP contribution in [0.3, 0.4) is 0 Å². The standard InChI is InChI=1S/C21H25N3S/c25-21(22-19-11-12-19)24-15-13-23(14-16-24)20(17-7-3-1-4-8-17)18-9-5-2-6-10-18/h1-10,19-20H,11-16H2,(H,22,25). The van der Waals surface area contributed by atoms with E-state index in [1.54, 1.807) is 0 Å². The number of piperazine rings is 1. The molecule has 1 saturated carbocycles. The Morgan fingerprint density at radius 1 is 0.840 bits per heavy atom. The first kappa shape index (κ1) is 16.6. The van der Waals surface area contributed by atoms with E-state index in [2.05, 4.69) is 75.8 Å². The Labute approximate surface area is 155 Å². The third-order valence-corrected chi connectivity index (χ3v) is 5.48. The smallest absolute Gasteiger partial charge is 0.169 e. The second-order valence-electron chi connectivity index (χ2n) is 6.97. The fourth-order valence-electron chi connectivity index (χ4n) is 3.56. The van der Waals surface area contributed by atoms with Gasteiger partial charge in [0.15, 0.2) is 5.11 Å². The van der Waals surface area contributed by atoms with Gasteiger partial charge in [0.2, 0.25) is 0 Å². The minimum atomic E-state index is 0.314. The Morgan fingerprint density at radius 3 is 1.84 bits per heavy atom. The summed E-state index contributed by atoms with van der Waals surface area (Å²) in [6.45, 7) is 4.05. The number of benzene rings is 2. The summed E-state index contributed by atoms with van der Waals surface area (Å²) in [6, 6.07) is 22.6. The van der Waals surface area contributed by atoms with Gasteiger partial charge in [0, 0.05) is 32.2 Å². The van der Waals surface area contributed by atoms with Gasteiger partial charge in [-0.15, -0.1) is 0 Å². The Bertz CT molecular complexity index is 652. The molecule has 4 rings (SSSR count). The summed E-state index contributed by atoms with van der Waals surface area (Å²) in [5, 5.41) is 4.41. The van der Waals surface area contributed by atoms with E-state index in [-0.39, 0.29) is 0 Å². The molecule has 0 bridgehead atoms. The molecule has 1 aliphatic carbocycles. The van der Waals surface area contributed by atoms with Gasteiger partial charge in [-0.3, -0.25) is 4.90 Å². The van der Waals surface area contributed by atoms with Crippen LogP contribution < -0.4 is 5.32 Å². The van der Waals surface area contributed by atoms with Gasteiger partial charge in [0.25, 0.3) is 0 Å². The van der Waals surface area contributed by atoms with Gasteiger partial charge in [-0.05, 0) is 36.2 Å². The molecule has 1 saturated heterocycles. The first-order chi connectivity index (χ1) is 12.3. The Morgan fingerprint density at radius 2 is 1.36 bits per heavy atom. The second-order valence-corrected chi connectivity index (χ2v) is 7.36. The first-order valence-electron chi connectivity index (χ1n) is 9.20. The van der Waals surface area contributed by atoms with Crippen LogP contribution >= 0.6 is 12.2 Å². The lowest BCUT2D eigenvalue weighted by Gasteiger charge is -2.40. The van der Waals surface area contributed by atoms with Crippen LogP contribution in [0.5, 0.6) is 0 Å². The molecule has 2 aromatic rings. The normalized spacial score (nSPS) is 18.4. The van der Waals surface area contributed by atoms with Crippen LogP contribution in [0.25, 0.3) is 0 Å². The summed E-state index contributed by atoms with van der Waals surface area (Å²) < 4.78 is 0. The summed E-state index contributed by atoms with van der Waals surface area (Å²) >= 11 is 5.58. The monoisotopic (exact) mass is 351 g/mol. The quantitative estimate of drug-likeness (QED) is 0.850. The van der Waals surface area contributed by atoms with Crippen molar-refractivity contribution in [2.75, 3.05) is 26.2 Å². The fraction of sp³-hybridized carbons (Fsp3) is 0.381. The van der Waals surface area contributed by atoms with E-state index < -0.39 is 0 Å². The number of hydrogen-bond donors (Lipinski definition) is 1. The summed E-state index contributed by atoms with van der Waals surface area (Å²) in [4.78, 5) is 4.91. The van der Waals surface area contributed by atoms with Crippen molar-refractivity contribution >= 4 is 17.3 Å². The topological polar surface area (TPSA) is 18.5 Å². The number of thiocarbonyl (C=S) groups is 1. The highest BCUT2D eigenvalue weighted by molar-refractivity contribution is 7.80. The van der Waals surface area contributed by atoms with Crippen LogP contribution in [-0.4, -0.2) is 47.1 Å². The van der Waals surface area contributed by atoms with E-state index in [1.807, 2.05) is 0 Å². The Kier molecular flexibility index (Phi) is 4.99. The van der Waals surface area contributed by atoms with Crippen LogP contribution in [0.1, 0.15) is 30.0 Å². The van der Waals surface area contributed by atoms with Crippen molar-refractivity contribution in [3.05, 3.63) is 71.8 Å². The predicted molar refractivity (Wildman–Crippen MR) is 107 cm³/mol.